The molecule has 0 aliphatic carbocycles. The molecule has 0 atom stereocenters. The quantitative estimate of drug-likeness (QED) is 0.450. The van der Waals surface area contributed by atoms with Crippen molar-refractivity contribution in [2.45, 2.75) is 0 Å². The standard InChI is InChI=1S/C15H8ClNO/c16-14-13-10-5-1-2-6-11(10)18-12(13)8-9-4-3-7-17-15(9)14/h1-8H. The Bertz CT molecular complexity index is 895. The Morgan fingerprint density at radius 1 is 1.00 bits per heavy atom. The van der Waals surface area contributed by atoms with Crippen LogP contribution in [0.3, 0.4) is 0 Å². The van der Waals surface area contributed by atoms with Crippen LogP contribution in [0.15, 0.2) is 53.1 Å². The number of pyridine rings is 1. The Hall–Kier alpha value is -2.06. The minimum Gasteiger partial charge on any atom is -0.456 e. The van der Waals surface area contributed by atoms with E-state index in [2.05, 4.69) is 4.98 Å². The molecule has 0 saturated carbocycles. The zero-order chi connectivity index (χ0) is 12.1. The maximum atomic E-state index is 6.47. The minimum absolute atomic E-state index is 0.660. The Morgan fingerprint density at radius 2 is 1.89 bits per heavy atom. The molecule has 2 nitrogen and oxygen atoms in total. The lowest BCUT2D eigenvalue weighted by Gasteiger charge is -2.00. The second-order valence-electron chi connectivity index (χ2n) is 4.24. The molecule has 0 unspecified atom stereocenters. The van der Waals surface area contributed by atoms with Crippen molar-refractivity contribution < 1.29 is 4.42 Å². The topological polar surface area (TPSA) is 26.0 Å². The molecule has 3 heteroatoms. The van der Waals surface area contributed by atoms with E-state index in [9.17, 15) is 0 Å². The van der Waals surface area contributed by atoms with Crippen molar-refractivity contribution in [1.29, 1.82) is 0 Å². The SMILES string of the molecule is Clc1c2ncccc2cc2oc3ccccc3c12. The molecule has 4 aromatic rings. The first-order chi connectivity index (χ1) is 8.84. The zero-order valence-electron chi connectivity index (χ0n) is 9.35. The van der Waals surface area contributed by atoms with Gasteiger partial charge in [-0.15, -0.1) is 0 Å². The molecule has 0 radical (unpaired) electrons. The van der Waals surface area contributed by atoms with Gasteiger partial charge in [0.2, 0.25) is 0 Å². The molecular weight excluding hydrogens is 246 g/mol. The molecule has 2 aromatic carbocycles. The first-order valence-electron chi connectivity index (χ1n) is 5.69. The van der Waals surface area contributed by atoms with Crippen molar-refractivity contribution >= 4 is 44.4 Å². The third-order valence-corrected chi connectivity index (χ3v) is 3.54. The summed E-state index contributed by atoms with van der Waals surface area (Å²) in [5, 5.41) is 3.63. The predicted octanol–water partition coefficient (Wildman–Crippen LogP) is 4.79. The van der Waals surface area contributed by atoms with E-state index in [1.54, 1.807) is 6.20 Å². The van der Waals surface area contributed by atoms with Crippen LogP contribution in [-0.2, 0) is 0 Å². The number of furan rings is 1. The highest BCUT2D eigenvalue weighted by Crippen LogP contribution is 2.37. The van der Waals surface area contributed by atoms with Gasteiger partial charge in [-0.3, -0.25) is 4.98 Å². The van der Waals surface area contributed by atoms with Crippen molar-refractivity contribution in [3.63, 3.8) is 0 Å². The molecule has 4 rings (SSSR count). The summed E-state index contributed by atoms with van der Waals surface area (Å²) in [4.78, 5) is 4.34. The van der Waals surface area contributed by atoms with Gasteiger partial charge in [-0.2, -0.15) is 0 Å². The van der Waals surface area contributed by atoms with Crippen LogP contribution in [-0.4, -0.2) is 4.98 Å². The number of rotatable bonds is 0. The van der Waals surface area contributed by atoms with Crippen LogP contribution in [0, 0.1) is 0 Å². The van der Waals surface area contributed by atoms with Crippen LogP contribution in [0.2, 0.25) is 5.02 Å². The maximum Gasteiger partial charge on any atom is 0.137 e. The van der Waals surface area contributed by atoms with E-state index in [1.807, 2.05) is 42.5 Å². The third-order valence-electron chi connectivity index (χ3n) is 3.18. The van der Waals surface area contributed by atoms with Crippen LogP contribution in [0.1, 0.15) is 0 Å². The molecule has 0 N–H and O–H groups in total. The van der Waals surface area contributed by atoms with Crippen LogP contribution in [0.25, 0.3) is 32.8 Å². The van der Waals surface area contributed by atoms with E-state index < -0.39 is 0 Å². The molecule has 0 bridgehead atoms. The average molecular weight is 254 g/mol. The van der Waals surface area contributed by atoms with Crippen molar-refractivity contribution in [2.24, 2.45) is 0 Å². The van der Waals surface area contributed by atoms with Gasteiger partial charge in [-0.05, 0) is 18.2 Å². The normalized spacial score (nSPS) is 11.6. The highest BCUT2D eigenvalue weighted by Gasteiger charge is 2.13. The first kappa shape index (κ1) is 9.92. The monoisotopic (exact) mass is 253 g/mol. The lowest BCUT2D eigenvalue weighted by atomic mass is 10.1. The van der Waals surface area contributed by atoms with Gasteiger partial charge in [0.05, 0.1) is 10.5 Å². The number of aromatic nitrogens is 1. The van der Waals surface area contributed by atoms with Crippen LogP contribution < -0.4 is 0 Å². The van der Waals surface area contributed by atoms with Gasteiger partial charge in [0.25, 0.3) is 0 Å². The molecule has 0 amide bonds. The number of fused-ring (bicyclic) bond motifs is 4. The fraction of sp³-hybridized carbons (Fsp3) is 0. The second kappa shape index (κ2) is 3.47. The summed E-state index contributed by atoms with van der Waals surface area (Å²) in [6.45, 7) is 0. The van der Waals surface area contributed by atoms with Gasteiger partial charge in [0.1, 0.15) is 11.2 Å². The number of para-hydroxylation sites is 1. The van der Waals surface area contributed by atoms with Gasteiger partial charge in [0.15, 0.2) is 0 Å². The molecule has 0 aliphatic rings. The highest BCUT2D eigenvalue weighted by molar-refractivity contribution is 6.42. The summed E-state index contributed by atoms with van der Waals surface area (Å²) in [5.74, 6) is 0. The third kappa shape index (κ3) is 1.21. The molecule has 0 saturated heterocycles. The Morgan fingerprint density at radius 3 is 2.83 bits per heavy atom. The van der Waals surface area contributed by atoms with Gasteiger partial charge in [-0.25, -0.2) is 0 Å². The van der Waals surface area contributed by atoms with E-state index in [1.165, 1.54) is 0 Å². The summed E-state index contributed by atoms with van der Waals surface area (Å²) in [6, 6.07) is 13.8. The average Bonchev–Trinajstić information content (AvgIpc) is 2.77. The number of benzene rings is 2. The zero-order valence-corrected chi connectivity index (χ0v) is 10.1. The molecule has 0 spiro atoms. The number of halogens is 1. The van der Waals surface area contributed by atoms with Crippen molar-refractivity contribution in [2.75, 3.05) is 0 Å². The first-order valence-corrected chi connectivity index (χ1v) is 6.07. The van der Waals surface area contributed by atoms with Gasteiger partial charge in [-0.1, -0.05) is 35.9 Å². The smallest absolute Gasteiger partial charge is 0.137 e. The van der Waals surface area contributed by atoms with Gasteiger partial charge in [0, 0.05) is 22.4 Å². The van der Waals surface area contributed by atoms with E-state index >= 15 is 0 Å². The lowest BCUT2D eigenvalue weighted by molar-refractivity contribution is 0.669. The predicted molar refractivity (Wildman–Crippen MR) is 74.0 cm³/mol. The fourth-order valence-electron chi connectivity index (χ4n) is 2.37. The Kier molecular flexibility index (Phi) is 1.91. The van der Waals surface area contributed by atoms with E-state index in [0.29, 0.717) is 5.02 Å². The van der Waals surface area contributed by atoms with Crippen LogP contribution in [0.4, 0.5) is 0 Å². The summed E-state index contributed by atoms with van der Waals surface area (Å²) in [6.07, 6.45) is 1.75. The van der Waals surface area contributed by atoms with Crippen LogP contribution >= 0.6 is 11.6 Å². The van der Waals surface area contributed by atoms with E-state index in [0.717, 1.165) is 32.8 Å². The van der Waals surface area contributed by atoms with Gasteiger partial charge < -0.3 is 4.42 Å². The lowest BCUT2D eigenvalue weighted by Crippen LogP contribution is -1.79. The second-order valence-corrected chi connectivity index (χ2v) is 4.61. The number of hydrogen-bond donors (Lipinski definition) is 0. The van der Waals surface area contributed by atoms with Crippen molar-refractivity contribution in [1.82, 2.24) is 4.98 Å². The molecule has 86 valence electrons. The number of nitrogens with zero attached hydrogens (tertiary/aromatic N) is 1. The van der Waals surface area contributed by atoms with Crippen molar-refractivity contribution in [3.8, 4) is 0 Å². The molecular formula is C15H8ClNO. The molecule has 2 aromatic heterocycles. The fourth-order valence-corrected chi connectivity index (χ4v) is 2.72. The largest absolute Gasteiger partial charge is 0.456 e. The summed E-state index contributed by atoms with van der Waals surface area (Å²) >= 11 is 6.47. The molecule has 0 aliphatic heterocycles. The van der Waals surface area contributed by atoms with Crippen LogP contribution in [0.5, 0.6) is 0 Å². The Labute approximate surface area is 108 Å². The van der Waals surface area contributed by atoms with E-state index in [-0.39, 0.29) is 0 Å². The summed E-state index contributed by atoms with van der Waals surface area (Å²) in [5.41, 5.74) is 2.48. The van der Waals surface area contributed by atoms with Gasteiger partial charge >= 0.3 is 0 Å². The molecule has 18 heavy (non-hydrogen) atoms. The molecule has 0 fully saturated rings. The summed E-state index contributed by atoms with van der Waals surface area (Å²) in [7, 11) is 0. The van der Waals surface area contributed by atoms with Crippen molar-refractivity contribution in [3.05, 3.63) is 53.7 Å². The van der Waals surface area contributed by atoms with E-state index in [4.69, 9.17) is 16.0 Å². The molecule has 2 heterocycles. The summed E-state index contributed by atoms with van der Waals surface area (Å²) < 4.78 is 5.83. The number of hydrogen-bond acceptors (Lipinski definition) is 2. The highest BCUT2D eigenvalue weighted by atomic mass is 35.5. The Balaban J connectivity index is 2.34. The minimum atomic E-state index is 0.660. The maximum absolute atomic E-state index is 6.47.